The topological polar surface area (TPSA) is 62.3 Å². The number of halogens is 1. The third-order valence-corrected chi connectivity index (χ3v) is 7.68. The second-order valence-electron chi connectivity index (χ2n) is 6.09. The van der Waals surface area contributed by atoms with Crippen LogP contribution in [0.4, 0.5) is 5.82 Å². The fourth-order valence-electron chi connectivity index (χ4n) is 3.07. The second-order valence-corrected chi connectivity index (χ2v) is 9.39. The first-order valence-electron chi connectivity index (χ1n) is 8.24. The highest BCUT2D eigenvalue weighted by Crippen LogP contribution is 2.35. The Kier molecular flexibility index (Phi) is 5.82. The summed E-state index contributed by atoms with van der Waals surface area (Å²) in [6.45, 7) is 3.60. The fraction of sp³-hybridized carbons (Fsp3) is 0.278. The number of rotatable bonds is 4. The van der Waals surface area contributed by atoms with Crippen LogP contribution in [0, 0.1) is 0 Å². The predicted octanol–water partition coefficient (Wildman–Crippen LogP) is 3.10. The molecule has 138 valence electrons. The SMILES string of the molecule is Cl.O=S(=O)(Cc1ccccc1)c1cc2c(N3CCNCC3)nccc2s1. The van der Waals surface area contributed by atoms with Crippen molar-refractivity contribution in [3.05, 3.63) is 54.2 Å². The van der Waals surface area contributed by atoms with Gasteiger partial charge in [-0.1, -0.05) is 30.3 Å². The molecule has 2 aromatic heterocycles. The number of hydrogen-bond donors (Lipinski definition) is 1. The molecule has 3 aromatic rings. The van der Waals surface area contributed by atoms with Crippen molar-refractivity contribution in [2.24, 2.45) is 0 Å². The van der Waals surface area contributed by atoms with Crippen molar-refractivity contribution in [2.45, 2.75) is 9.96 Å². The Bertz CT molecular complexity index is 984. The van der Waals surface area contributed by atoms with Crippen LogP contribution >= 0.6 is 23.7 Å². The Hall–Kier alpha value is -1.67. The number of pyridine rings is 1. The first-order valence-corrected chi connectivity index (χ1v) is 10.7. The van der Waals surface area contributed by atoms with Crippen molar-refractivity contribution >= 4 is 49.5 Å². The molecule has 1 fully saturated rings. The van der Waals surface area contributed by atoms with E-state index < -0.39 is 9.84 Å². The van der Waals surface area contributed by atoms with Crippen LogP contribution in [0.1, 0.15) is 5.56 Å². The van der Waals surface area contributed by atoms with Gasteiger partial charge in [-0.05, 0) is 17.7 Å². The lowest BCUT2D eigenvalue weighted by atomic mass is 10.2. The third-order valence-electron chi connectivity index (χ3n) is 4.32. The van der Waals surface area contributed by atoms with E-state index in [4.69, 9.17) is 0 Å². The molecule has 26 heavy (non-hydrogen) atoms. The number of nitrogens with zero attached hydrogens (tertiary/aromatic N) is 2. The van der Waals surface area contributed by atoms with E-state index in [-0.39, 0.29) is 18.2 Å². The Labute approximate surface area is 163 Å². The Morgan fingerprint density at radius 2 is 1.85 bits per heavy atom. The molecular formula is C18H20ClN3O2S2. The smallest absolute Gasteiger partial charge is 0.191 e. The van der Waals surface area contributed by atoms with Crippen molar-refractivity contribution in [1.29, 1.82) is 0 Å². The molecule has 0 spiro atoms. The normalized spacial score (nSPS) is 15.0. The summed E-state index contributed by atoms with van der Waals surface area (Å²) in [7, 11) is -3.36. The van der Waals surface area contributed by atoms with E-state index in [1.54, 1.807) is 12.3 Å². The van der Waals surface area contributed by atoms with Gasteiger partial charge in [-0.2, -0.15) is 0 Å². The highest BCUT2D eigenvalue weighted by molar-refractivity contribution is 7.92. The number of hydrogen-bond acceptors (Lipinski definition) is 6. The van der Waals surface area contributed by atoms with Gasteiger partial charge in [-0.3, -0.25) is 0 Å². The van der Waals surface area contributed by atoms with Crippen molar-refractivity contribution in [1.82, 2.24) is 10.3 Å². The van der Waals surface area contributed by atoms with Gasteiger partial charge in [-0.15, -0.1) is 23.7 Å². The molecule has 5 nitrogen and oxygen atoms in total. The van der Waals surface area contributed by atoms with Gasteiger partial charge < -0.3 is 10.2 Å². The summed E-state index contributed by atoms with van der Waals surface area (Å²) in [5, 5.41) is 4.26. The lowest BCUT2D eigenvalue weighted by molar-refractivity contribution is 0.586. The minimum atomic E-state index is -3.36. The van der Waals surface area contributed by atoms with Crippen LogP contribution in [0.2, 0.25) is 0 Å². The molecule has 0 radical (unpaired) electrons. The Balaban J connectivity index is 0.00000196. The van der Waals surface area contributed by atoms with Crippen LogP contribution in [0.5, 0.6) is 0 Å². The van der Waals surface area contributed by atoms with Gasteiger partial charge in [0.05, 0.1) is 5.75 Å². The number of aromatic nitrogens is 1. The monoisotopic (exact) mass is 409 g/mol. The molecule has 0 amide bonds. The summed E-state index contributed by atoms with van der Waals surface area (Å²) in [4.78, 5) is 6.74. The Morgan fingerprint density at radius 1 is 1.12 bits per heavy atom. The highest BCUT2D eigenvalue weighted by atomic mass is 35.5. The molecule has 0 saturated carbocycles. The molecular weight excluding hydrogens is 390 g/mol. The van der Waals surface area contributed by atoms with Crippen molar-refractivity contribution in [3.8, 4) is 0 Å². The van der Waals surface area contributed by atoms with Crippen LogP contribution in [0.25, 0.3) is 10.1 Å². The third kappa shape index (κ3) is 3.86. The summed E-state index contributed by atoms with van der Waals surface area (Å²) in [6, 6.07) is 13.0. The molecule has 1 saturated heterocycles. The maximum absolute atomic E-state index is 12.8. The first-order chi connectivity index (χ1) is 12.1. The van der Waals surface area contributed by atoms with Crippen LogP contribution in [0.3, 0.4) is 0 Å². The van der Waals surface area contributed by atoms with Gasteiger partial charge in [0.15, 0.2) is 9.84 Å². The van der Waals surface area contributed by atoms with Crippen LogP contribution in [0.15, 0.2) is 52.9 Å². The maximum atomic E-state index is 12.8. The van der Waals surface area contributed by atoms with Crippen molar-refractivity contribution in [3.63, 3.8) is 0 Å². The minimum absolute atomic E-state index is 0. The molecule has 0 unspecified atom stereocenters. The zero-order valence-electron chi connectivity index (χ0n) is 14.1. The van der Waals surface area contributed by atoms with E-state index in [1.165, 1.54) is 11.3 Å². The number of nitrogens with one attached hydrogen (secondary N) is 1. The van der Waals surface area contributed by atoms with Gasteiger partial charge in [0, 0.05) is 42.5 Å². The highest BCUT2D eigenvalue weighted by Gasteiger charge is 2.22. The number of sulfone groups is 1. The molecule has 0 bridgehead atoms. The van der Waals surface area contributed by atoms with E-state index in [9.17, 15) is 8.42 Å². The molecule has 3 heterocycles. The first kappa shape index (κ1) is 19.1. The van der Waals surface area contributed by atoms with Crippen molar-refractivity contribution in [2.75, 3.05) is 31.1 Å². The van der Waals surface area contributed by atoms with Crippen LogP contribution < -0.4 is 10.2 Å². The molecule has 0 aliphatic carbocycles. The average molecular weight is 410 g/mol. The van der Waals surface area contributed by atoms with E-state index in [0.717, 1.165) is 47.6 Å². The summed E-state index contributed by atoms with van der Waals surface area (Å²) in [5.41, 5.74) is 0.806. The quantitative estimate of drug-likeness (QED) is 0.717. The van der Waals surface area contributed by atoms with E-state index in [2.05, 4.69) is 15.2 Å². The number of anilines is 1. The number of piperazine rings is 1. The molecule has 0 atom stereocenters. The fourth-order valence-corrected chi connectivity index (χ4v) is 5.88. The molecule has 1 N–H and O–H groups in total. The Morgan fingerprint density at radius 3 is 2.58 bits per heavy atom. The van der Waals surface area contributed by atoms with Crippen molar-refractivity contribution < 1.29 is 8.42 Å². The number of benzene rings is 1. The lowest BCUT2D eigenvalue weighted by Gasteiger charge is -2.28. The molecule has 4 rings (SSSR count). The summed E-state index contributed by atoms with van der Waals surface area (Å²) < 4.78 is 27.0. The van der Waals surface area contributed by atoms with Gasteiger partial charge in [0.1, 0.15) is 10.0 Å². The standard InChI is InChI=1S/C18H19N3O2S2.ClH/c22-25(23,13-14-4-2-1-3-5-14)17-12-15-16(24-17)6-7-20-18(15)21-10-8-19-9-11-21;/h1-7,12,19H,8-11,13H2;1H. The summed E-state index contributed by atoms with van der Waals surface area (Å²) in [5.74, 6) is 0.910. The van der Waals surface area contributed by atoms with Gasteiger partial charge in [0.2, 0.25) is 0 Å². The molecule has 8 heteroatoms. The molecule has 1 aliphatic heterocycles. The predicted molar refractivity (Wildman–Crippen MR) is 109 cm³/mol. The van der Waals surface area contributed by atoms with Gasteiger partial charge >= 0.3 is 0 Å². The zero-order valence-corrected chi connectivity index (χ0v) is 16.5. The lowest BCUT2D eigenvalue weighted by Crippen LogP contribution is -2.43. The molecule has 1 aliphatic rings. The maximum Gasteiger partial charge on any atom is 0.191 e. The molecule has 1 aromatic carbocycles. The van der Waals surface area contributed by atoms with E-state index in [0.29, 0.717) is 4.21 Å². The van der Waals surface area contributed by atoms with Gasteiger partial charge in [-0.25, -0.2) is 13.4 Å². The zero-order chi connectivity index (χ0) is 17.3. The summed E-state index contributed by atoms with van der Waals surface area (Å²) >= 11 is 1.33. The largest absolute Gasteiger partial charge is 0.354 e. The van der Waals surface area contributed by atoms with Crippen LogP contribution in [-0.4, -0.2) is 39.6 Å². The van der Waals surface area contributed by atoms with E-state index in [1.807, 2.05) is 36.4 Å². The number of fused-ring (bicyclic) bond motifs is 1. The minimum Gasteiger partial charge on any atom is -0.354 e. The van der Waals surface area contributed by atoms with E-state index >= 15 is 0 Å². The number of thiophene rings is 1. The second kappa shape index (κ2) is 7.92. The average Bonchev–Trinajstić information content (AvgIpc) is 3.08. The van der Waals surface area contributed by atoms with Gasteiger partial charge in [0.25, 0.3) is 0 Å². The summed E-state index contributed by atoms with van der Waals surface area (Å²) in [6.07, 6.45) is 1.77. The van der Waals surface area contributed by atoms with Crippen LogP contribution in [-0.2, 0) is 15.6 Å².